The fourth-order valence-corrected chi connectivity index (χ4v) is 1.83. The third-order valence-corrected chi connectivity index (χ3v) is 3.37. The molecule has 4 N–H and O–H groups in total. The van der Waals surface area contributed by atoms with Crippen LogP contribution in [0, 0.1) is 5.92 Å². The summed E-state index contributed by atoms with van der Waals surface area (Å²) in [4.78, 5) is 12.0. The van der Waals surface area contributed by atoms with E-state index in [4.69, 9.17) is 10.5 Å². The van der Waals surface area contributed by atoms with Crippen LogP contribution < -0.4 is 11.1 Å². The molecule has 20 heavy (non-hydrogen) atoms. The van der Waals surface area contributed by atoms with Crippen LogP contribution in [0.25, 0.3) is 0 Å². The maximum Gasteiger partial charge on any atom is 0.165 e. The minimum atomic E-state index is -0.646. The summed E-state index contributed by atoms with van der Waals surface area (Å²) < 4.78 is 5.27. The highest BCUT2D eigenvalue weighted by molar-refractivity contribution is 5.99. The minimum absolute atomic E-state index is 0.00748. The fourth-order valence-electron chi connectivity index (χ4n) is 1.83. The first-order valence-electron chi connectivity index (χ1n) is 6.88. The number of aliphatic hydroxyl groups is 1. The number of allylic oxidation sites excluding steroid dienone is 4. The molecule has 0 amide bonds. The van der Waals surface area contributed by atoms with Crippen molar-refractivity contribution in [2.24, 2.45) is 11.7 Å². The van der Waals surface area contributed by atoms with Gasteiger partial charge in [0.1, 0.15) is 12.5 Å². The molecular formula is C15H24N2O3. The van der Waals surface area contributed by atoms with E-state index in [1.54, 1.807) is 24.4 Å². The van der Waals surface area contributed by atoms with Gasteiger partial charge < -0.3 is 20.9 Å². The monoisotopic (exact) mass is 280 g/mol. The van der Waals surface area contributed by atoms with Gasteiger partial charge in [-0.1, -0.05) is 26.5 Å². The lowest BCUT2D eigenvalue weighted by Gasteiger charge is -2.10. The first-order valence-corrected chi connectivity index (χ1v) is 6.88. The van der Waals surface area contributed by atoms with Crippen LogP contribution in [0.5, 0.6) is 0 Å². The van der Waals surface area contributed by atoms with E-state index in [1.165, 1.54) is 0 Å². The van der Waals surface area contributed by atoms with Crippen LogP contribution in [0.15, 0.2) is 36.6 Å². The smallest absolute Gasteiger partial charge is 0.165 e. The Kier molecular flexibility index (Phi) is 6.64. The van der Waals surface area contributed by atoms with Crippen molar-refractivity contribution in [3.8, 4) is 0 Å². The number of ether oxygens (including phenoxy) is 1. The lowest BCUT2D eigenvalue weighted by molar-refractivity contribution is -0.118. The summed E-state index contributed by atoms with van der Waals surface area (Å²) >= 11 is 0. The van der Waals surface area contributed by atoms with Gasteiger partial charge >= 0.3 is 0 Å². The number of carbonyl (C=O) groups excluding carboxylic acids is 1. The average Bonchev–Trinajstić information content (AvgIpc) is 2.76. The number of aliphatic hydroxyl groups excluding tert-OH is 1. The van der Waals surface area contributed by atoms with Crippen LogP contribution in [0.2, 0.25) is 0 Å². The van der Waals surface area contributed by atoms with Crippen LogP contribution in [0.3, 0.4) is 0 Å². The van der Waals surface area contributed by atoms with Crippen molar-refractivity contribution in [3.05, 3.63) is 36.6 Å². The molecule has 5 heteroatoms. The van der Waals surface area contributed by atoms with E-state index in [9.17, 15) is 9.90 Å². The zero-order valence-electron chi connectivity index (χ0n) is 12.1. The molecule has 0 aromatic carbocycles. The van der Waals surface area contributed by atoms with Crippen molar-refractivity contribution < 1.29 is 14.6 Å². The molecule has 1 heterocycles. The number of carbonyl (C=O) groups is 1. The summed E-state index contributed by atoms with van der Waals surface area (Å²) in [6.07, 6.45) is 6.30. The second-order valence-corrected chi connectivity index (χ2v) is 4.92. The molecule has 5 nitrogen and oxygen atoms in total. The molecule has 0 aliphatic carbocycles. The Morgan fingerprint density at radius 2 is 2.35 bits per heavy atom. The lowest BCUT2D eigenvalue weighted by Crippen LogP contribution is -2.31. The molecule has 1 rings (SSSR count). The highest BCUT2D eigenvalue weighted by atomic mass is 16.5. The number of nitrogens with one attached hydrogen (secondary N) is 1. The largest absolute Gasteiger partial charge is 0.389 e. The van der Waals surface area contributed by atoms with Gasteiger partial charge in [-0.15, -0.1) is 0 Å². The Hall–Kier alpha value is -1.43. The Balaban J connectivity index is 2.50. The molecule has 0 saturated carbocycles. The van der Waals surface area contributed by atoms with Crippen LogP contribution in [0.1, 0.15) is 26.7 Å². The van der Waals surface area contributed by atoms with Crippen LogP contribution in [0.4, 0.5) is 0 Å². The molecule has 1 aliphatic heterocycles. The first kappa shape index (κ1) is 16.6. The Morgan fingerprint density at radius 1 is 1.65 bits per heavy atom. The highest BCUT2D eigenvalue weighted by Crippen LogP contribution is 2.15. The standard InChI is InChI=1S/C15H24N2O3/c1-4-10(3)14(19)11(5-2)7-6-8-17-13-9-12(18)15(16)20-13/h5-8,10,12-13,15,17-18H,2,4,9,16H2,1,3H3/b8-6-,11-7+/t10?,12?,13-,15+/m1/s1. The predicted octanol–water partition coefficient (Wildman–Crippen LogP) is 1.21. The second-order valence-electron chi connectivity index (χ2n) is 4.92. The van der Waals surface area contributed by atoms with Gasteiger partial charge in [-0.2, -0.15) is 0 Å². The van der Waals surface area contributed by atoms with Crippen molar-refractivity contribution in [2.45, 2.75) is 45.2 Å². The van der Waals surface area contributed by atoms with Crippen molar-refractivity contribution in [2.75, 3.05) is 0 Å². The zero-order valence-corrected chi connectivity index (χ0v) is 12.1. The molecule has 4 atom stereocenters. The number of ketones is 1. The summed E-state index contributed by atoms with van der Waals surface area (Å²) in [5.74, 6) is 0.0774. The summed E-state index contributed by atoms with van der Waals surface area (Å²) in [5.41, 5.74) is 6.11. The SMILES string of the molecule is C=C/C(=C\C=C/N[C@H]1CC(O)[C@@H](N)O1)C(=O)C(C)CC. The topological polar surface area (TPSA) is 84.6 Å². The van der Waals surface area contributed by atoms with Gasteiger partial charge in [-0.3, -0.25) is 4.79 Å². The summed E-state index contributed by atoms with van der Waals surface area (Å²) in [7, 11) is 0. The van der Waals surface area contributed by atoms with E-state index in [2.05, 4.69) is 11.9 Å². The van der Waals surface area contributed by atoms with Gasteiger partial charge in [0, 0.05) is 17.9 Å². The van der Waals surface area contributed by atoms with Crippen molar-refractivity contribution in [1.29, 1.82) is 0 Å². The van der Waals surface area contributed by atoms with Gasteiger partial charge in [0.15, 0.2) is 5.78 Å². The molecule has 0 bridgehead atoms. The molecule has 0 aromatic rings. The van der Waals surface area contributed by atoms with Gasteiger partial charge in [-0.05, 0) is 24.8 Å². The van der Waals surface area contributed by atoms with Crippen molar-refractivity contribution in [1.82, 2.24) is 5.32 Å². The van der Waals surface area contributed by atoms with Gasteiger partial charge in [-0.25, -0.2) is 0 Å². The normalized spacial score (nSPS) is 28.6. The van der Waals surface area contributed by atoms with Gasteiger partial charge in [0.25, 0.3) is 0 Å². The third kappa shape index (κ3) is 4.59. The molecule has 0 aromatic heterocycles. The van der Waals surface area contributed by atoms with Crippen molar-refractivity contribution in [3.63, 3.8) is 0 Å². The van der Waals surface area contributed by atoms with Crippen LogP contribution >= 0.6 is 0 Å². The quantitative estimate of drug-likeness (QED) is 0.482. The lowest BCUT2D eigenvalue weighted by atomic mass is 9.97. The number of rotatable bonds is 7. The Labute approximate surface area is 120 Å². The van der Waals surface area contributed by atoms with E-state index in [-0.39, 0.29) is 17.9 Å². The Bertz CT molecular complexity index is 394. The summed E-state index contributed by atoms with van der Waals surface area (Å²) in [6, 6.07) is 0. The first-order chi connectivity index (χ1) is 9.49. The molecule has 1 saturated heterocycles. The maximum absolute atomic E-state index is 12.0. The number of Topliss-reactive ketones (excluding diaryl/α,β-unsaturated/α-hetero) is 1. The van der Waals surface area contributed by atoms with E-state index < -0.39 is 12.3 Å². The molecule has 0 spiro atoms. The van der Waals surface area contributed by atoms with E-state index in [0.717, 1.165) is 6.42 Å². The fraction of sp³-hybridized carbons (Fsp3) is 0.533. The number of hydrogen-bond acceptors (Lipinski definition) is 5. The average molecular weight is 280 g/mol. The highest BCUT2D eigenvalue weighted by Gasteiger charge is 2.30. The molecule has 1 fully saturated rings. The van der Waals surface area contributed by atoms with Crippen molar-refractivity contribution >= 4 is 5.78 Å². The van der Waals surface area contributed by atoms with E-state index >= 15 is 0 Å². The van der Waals surface area contributed by atoms with Gasteiger partial charge in [0.2, 0.25) is 0 Å². The molecule has 2 unspecified atom stereocenters. The summed E-state index contributed by atoms with van der Waals surface area (Å²) in [5, 5.41) is 12.4. The predicted molar refractivity (Wildman–Crippen MR) is 78.5 cm³/mol. The second kappa shape index (κ2) is 7.99. The number of nitrogens with two attached hydrogens (primary N) is 1. The van der Waals surface area contributed by atoms with E-state index in [1.807, 2.05) is 13.8 Å². The van der Waals surface area contributed by atoms with Crippen LogP contribution in [-0.2, 0) is 9.53 Å². The minimum Gasteiger partial charge on any atom is -0.389 e. The molecule has 0 radical (unpaired) electrons. The zero-order chi connectivity index (χ0) is 15.1. The molecule has 112 valence electrons. The van der Waals surface area contributed by atoms with Gasteiger partial charge in [0.05, 0.1) is 6.10 Å². The third-order valence-electron chi connectivity index (χ3n) is 3.37. The van der Waals surface area contributed by atoms with E-state index in [0.29, 0.717) is 12.0 Å². The molecule has 1 aliphatic rings. The Morgan fingerprint density at radius 3 is 2.85 bits per heavy atom. The van der Waals surface area contributed by atoms with Crippen LogP contribution in [-0.4, -0.2) is 29.4 Å². The summed E-state index contributed by atoms with van der Waals surface area (Å²) in [6.45, 7) is 7.54. The number of hydrogen-bond donors (Lipinski definition) is 3. The molecular weight excluding hydrogens is 256 g/mol. The maximum atomic E-state index is 12.0.